The Morgan fingerprint density at radius 3 is 2.29 bits per heavy atom. The first kappa shape index (κ1) is 15.7. The molecule has 1 aromatic heterocycles. The number of carbonyl (C=O) groups is 2. The SMILES string of the molecule is CC(=O)N1CCN(C(=O)[C@@H](C)n2c(Br)cncc2=O)CC1. The van der Waals surface area contributed by atoms with Gasteiger partial charge >= 0.3 is 0 Å². The molecular weight excluding hydrogens is 340 g/mol. The number of rotatable bonds is 2. The van der Waals surface area contributed by atoms with Gasteiger partial charge < -0.3 is 9.80 Å². The minimum Gasteiger partial charge on any atom is -0.339 e. The van der Waals surface area contributed by atoms with Gasteiger partial charge in [0.05, 0.1) is 12.4 Å². The van der Waals surface area contributed by atoms with Crippen molar-refractivity contribution >= 4 is 27.7 Å². The van der Waals surface area contributed by atoms with Gasteiger partial charge in [0.15, 0.2) is 0 Å². The zero-order chi connectivity index (χ0) is 15.6. The van der Waals surface area contributed by atoms with Crippen LogP contribution in [0.15, 0.2) is 21.8 Å². The Morgan fingerprint density at radius 2 is 1.76 bits per heavy atom. The van der Waals surface area contributed by atoms with Crippen molar-refractivity contribution in [3.05, 3.63) is 27.4 Å². The monoisotopic (exact) mass is 356 g/mol. The normalized spacial score (nSPS) is 16.7. The molecule has 114 valence electrons. The summed E-state index contributed by atoms with van der Waals surface area (Å²) in [6.07, 6.45) is 2.67. The summed E-state index contributed by atoms with van der Waals surface area (Å²) in [5.41, 5.74) is -0.326. The van der Waals surface area contributed by atoms with Crippen molar-refractivity contribution < 1.29 is 9.59 Å². The lowest BCUT2D eigenvalue weighted by Gasteiger charge is -2.35. The van der Waals surface area contributed by atoms with Crippen molar-refractivity contribution in [3.63, 3.8) is 0 Å². The second kappa shape index (κ2) is 6.38. The highest BCUT2D eigenvalue weighted by molar-refractivity contribution is 9.10. The molecule has 0 radical (unpaired) electrons. The highest BCUT2D eigenvalue weighted by atomic mass is 79.9. The summed E-state index contributed by atoms with van der Waals surface area (Å²) in [5, 5.41) is 0. The molecule has 1 aromatic rings. The van der Waals surface area contributed by atoms with Crippen LogP contribution in [0.2, 0.25) is 0 Å². The molecule has 2 rings (SSSR count). The van der Waals surface area contributed by atoms with Crippen molar-refractivity contribution in [1.82, 2.24) is 19.4 Å². The fourth-order valence-electron chi connectivity index (χ4n) is 2.38. The molecule has 0 aromatic carbocycles. The van der Waals surface area contributed by atoms with Crippen molar-refractivity contribution in [1.29, 1.82) is 0 Å². The third kappa shape index (κ3) is 3.31. The first-order valence-corrected chi connectivity index (χ1v) is 7.47. The van der Waals surface area contributed by atoms with Gasteiger partial charge in [-0.2, -0.15) is 0 Å². The maximum atomic E-state index is 12.5. The molecule has 0 bridgehead atoms. The van der Waals surface area contributed by atoms with E-state index in [4.69, 9.17) is 0 Å². The Bertz CT molecular complexity index is 608. The Labute approximate surface area is 130 Å². The largest absolute Gasteiger partial charge is 0.339 e. The number of halogens is 1. The summed E-state index contributed by atoms with van der Waals surface area (Å²) >= 11 is 3.25. The quantitative estimate of drug-likeness (QED) is 0.761. The van der Waals surface area contributed by atoms with E-state index in [0.29, 0.717) is 30.8 Å². The Kier molecular flexibility index (Phi) is 4.76. The molecule has 1 saturated heterocycles. The second-order valence-corrected chi connectivity index (χ2v) is 5.76. The molecule has 0 aliphatic carbocycles. The zero-order valence-electron chi connectivity index (χ0n) is 12.0. The average molecular weight is 357 g/mol. The van der Waals surface area contributed by atoms with Crippen molar-refractivity contribution in [2.24, 2.45) is 0 Å². The van der Waals surface area contributed by atoms with Crippen LogP contribution in [0, 0.1) is 0 Å². The Hall–Kier alpha value is -1.70. The molecule has 0 saturated carbocycles. The van der Waals surface area contributed by atoms with Crippen LogP contribution in [0.4, 0.5) is 0 Å². The maximum Gasteiger partial charge on any atom is 0.270 e. The summed E-state index contributed by atoms with van der Waals surface area (Å²) in [5.74, 6) is -0.115. The molecule has 1 fully saturated rings. The molecule has 1 atom stereocenters. The summed E-state index contributed by atoms with van der Waals surface area (Å²) in [6.45, 7) is 5.24. The number of amides is 2. The van der Waals surface area contributed by atoms with E-state index in [1.807, 2.05) is 0 Å². The molecule has 2 amide bonds. The van der Waals surface area contributed by atoms with Crippen LogP contribution in [0.25, 0.3) is 0 Å². The molecule has 7 nitrogen and oxygen atoms in total. The molecule has 8 heteroatoms. The molecule has 0 spiro atoms. The first-order chi connectivity index (χ1) is 9.91. The number of nitrogens with zero attached hydrogens (tertiary/aromatic N) is 4. The van der Waals surface area contributed by atoms with E-state index >= 15 is 0 Å². The fraction of sp³-hybridized carbons (Fsp3) is 0.538. The molecule has 0 unspecified atom stereocenters. The highest BCUT2D eigenvalue weighted by Crippen LogP contribution is 2.16. The van der Waals surface area contributed by atoms with E-state index in [9.17, 15) is 14.4 Å². The topological polar surface area (TPSA) is 75.5 Å². The molecule has 1 aliphatic rings. The van der Waals surface area contributed by atoms with Gasteiger partial charge in [-0.1, -0.05) is 0 Å². The summed E-state index contributed by atoms with van der Waals surface area (Å²) < 4.78 is 1.84. The smallest absolute Gasteiger partial charge is 0.270 e. The summed E-state index contributed by atoms with van der Waals surface area (Å²) in [7, 11) is 0. The minimum atomic E-state index is -0.612. The van der Waals surface area contributed by atoms with Crippen LogP contribution in [0.5, 0.6) is 0 Å². The second-order valence-electron chi connectivity index (χ2n) is 4.95. The van der Waals surface area contributed by atoms with Crippen LogP contribution >= 0.6 is 15.9 Å². The number of piperazine rings is 1. The van der Waals surface area contributed by atoms with Gasteiger partial charge in [0.1, 0.15) is 10.6 Å². The minimum absolute atomic E-state index is 0.0169. The van der Waals surface area contributed by atoms with Gasteiger partial charge in [0.25, 0.3) is 5.56 Å². The van der Waals surface area contributed by atoms with Crippen molar-refractivity contribution in [2.45, 2.75) is 19.9 Å². The molecule has 1 aliphatic heterocycles. The third-order valence-electron chi connectivity index (χ3n) is 3.61. The lowest BCUT2D eigenvalue weighted by atomic mass is 10.2. The third-order valence-corrected chi connectivity index (χ3v) is 4.20. The van der Waals surface area contributed by atoms with Crippen LogP contribution in [-0.4, -0.2) is 57.3 Å². The van der Waals surface area contributed by atoms with Gasteiger partial charge in [-0.15, -0.1) is 0 Å². The van der Waals surface area contributed by atoms with Gasteiger partial charge in [-0.05, 0) is 22.9 Å². The van der Waals surface area contributed by atoms with Crippen LogP contribution in [0.3, 0.4) is 0 Å². The molecular formula is C13H17BrN4O3. The maximum absolute atomic E-state index is 12.5. The van der Waals surface area contributed by atoms with Crippen LogP contribution in [0.1, 0.15) is 19.9 Å². The highest BCUT2D eigenvalue weighted by Gasteiger charge is 2.27. The lowest BCUT2D eigenvalue weighted by molar-refractivity contribution is -0.140. The Balaban J connectivity index is 2.11. The van der Waals surface area contributed by atoms with Crippen LogP contribution < -0.4 is 5.56 Å². The summed E-state index contributed by atoms with van der Waals surface area (Å²) in [6, 6.07) is -0.612. The molecule has 21 heavy (non-hydrogen) atoms. The van der Waals surface area contributed by atoms with Gasteiger partial charge in [0, 0.05) is 33.1 Å². The van der Waals surface area contributed by atoms with Crippen molar-refractivity contribution in [3.8, 4) is 0 Å². The molecule has 2 heterocycles. The van der Waals surface area contributed by atoms with E-state index in [2.05, 4.69) is 20.9 Å². The van der Waals surface area contributed by atoms with Gasteiger partial charge in [0.2, 0.25) is 11.8 Å². The predicted molar refractivity (Wildman–Crippen MR) is 79.7 cm³/mol. The van der Waals surface area contributed by atoms with Gasteiger partial charge in [-0.25, -0.2) is 0 Å². The van der Waals surface area contributed by atoms with E-state index in [0.717, 1.165) is 0 Å². The average Bonchev–Trinajstić information content (AvgIpc) is 2.46. The fourth-order valence-corrected chi connectivity index (χ4v) is 2.98. The number of carbonyl (C=O) groups excluding carboxylic acids is 2. The van der Waals surface area contributed by atoms with E-state index in [1.54, 1.807) is 16.7 Å². The number of hydrogen-bond acceptors (Lipinski definition) is 4. The molecule has 0 N–H and O–H groups in total. The van der Waals surface area contributed by atoms with E-state index < -0.39 is 6.04 Å². The first-order valence-electron chi connectivity index (χ1n) is 6.68. The van der Waals surface area contributed by atoms with E-state index in [-0.39, 0.29) is 17.4 Å². The number of aromatic nitrogens is 2. The Morgan fingerprint density at radius 1 is 1.19 bits per heavy atom. The van der Waals surface area contributed by atoms with Crippen molar-refractivity contribution in [2.75, 3.05) is 26.2 Å². The number of hydrogen-bond donors (Lipinski definition) is 0. The zero-order valence-corrected chi connectivity index (χ0v) is 13.5. The lowest BCUT2D eigenvalue weighted by Crippen LogP contribution is -2.52. The van der Waals surface area contributed by atoms with Gasteiger partial charge in [-0.3, -0.25) is 23.9 Å². The summed E-state index contributed by atoms with van der Waals surface area (Å²) in [4.78, 5) is 42.8. The van der Waals surface area contributed by atoms with E-state index in [1.165, 1.54) is 23.9 Å². The predicted octanol–water partition coefficient (Wildman–Crippen LogP) is 0.257. The standard InChI is InChI=1S/C13H17BrN4O3/c1-9(18-11(14)7-15-8-12(18)20)13(21)17-5-3-16(4-6-17)10(2)19/h7-9H,3-6H2,1-2H3/t9-/m1/s1. The van der Waals surface area contributed by atoms with Crippen LogP contribution in [-0.2, 0) is 9.59 Å².